The largest absolute Gasteiger partial charge is 0.474 e. The zero-order valence-corrected chi connectivity index (χ0v) is 71.7. The molecule has 9 amide bonds. The number of unbranched alkanes of at least 4 members (excludes halogenated alkanes) is 1. The number of aliphatic hydroxyl groups is 1. The van der Waals surface area contributed by atoms with Crippen molar-refractivity contribution in [3.63, 3.8) is 0 Å². The predicted octanol–water partition coefficient (Wildman–Crippen LogP) is 3.76. The van der Waals surface area contributed by atoms with Crippen LogP contribution < -0.4 is 42.2 Å². The molecule has 0 spiro atoms. The molecule has 6 heterocycles. The van der Waals surface area contributed by atoms with Crippen LogP contribution in [0.3, 0.4) is 0 Å². The summed E-state index contributed by atoms with van der Waals surface area (Å²) < 4.78 is 113. The van der Waals surface area contributed by atoms with Crippen molar-refractivity contribution in [1.82, 2.24) is 60.6 Å². The van der Waals surface area contributed by atoms with Crippen molar-refractivity contribution in [2.45, 2.75) is 134 Å². The lowest BCUT2D eigenvalue weighted by molar-refractivity contribution is -0.141. The number of nitrogens with one attached hydrogen (secondary N) is 7. The number of thiol groups is 2. The number of methoxy groups -OCH3 is 1. The second-order valence-electron chi connectivity index (χ2n) is 28.6. The molecular weight excluding hydrogens is 1680 g/mol. The molecule has 5 aromatic rings. The van der Waals surface area contributed by atoms with E-state index >= 15 is 0 Å². The molecule has 122 heavy (non-hydrogen) atoms. The fourth-order valence-electron chi connectivity index (χ4n) is 12.8. The van der Waals surface area contributed by atoms with E-state index in [9.17, 15) is 62.2 Å². The molecule has 1 aliphatic carbocycles. The Balaban J connectivity index is 0.704. The highest BCUT2D eigenvalue weighted by molar-refractivity contribution is 8.44. The Morgan fingerprint density at radius 2 is 1.35 bits per heavy atom. The van der Waals surface area contributed by atoms with E-state index in [1.807, 2.05) is 0 Å². The highest BCUT2D eigenvalue weighted by atomic mass is 32.7. The summed E-state index contributed by atoms with van der Waals surface area (Å²) in [7, 11) is 3.05. The summed E-state index contributed by atoms with van der Waals surface area (Å²) in [5.74, 6) is -6.05. The first kappa shape index (κ1) is 97.1. The van der Waals surface area contributed by atoms with Gasteiger partial charge in [0.25, 0.3) is 23.3 Å². The Bertz CT molecular complexity index is 4450. The monoisotopic (exact) mass is 1790 g/mol. The number of anilines is 2. The minimum absolute atomic E-state index is 0.0135. The molecule has 3 fully saturated rings. The molecule has 2 saturated heterocycles. The summed E-state index contributed by atoms with van der Waals surface area (Å²) in [6.07, 6.45) is -0.516. The van der Waals surface area contributed by atoms with Gasteiger partial charge in [0.2, 0.25) is 41.4 Å². The second kappa shape index (κ2) is 49.7. The van der Waals surface area contributed by atoms with Crippen LogP contribution in [0.25, 0.3) is 11.2 Å². The van der Waals surface area contributed by atoms with Crippen molar-refractivity contribution in [2.75, 3.05) is 150 Å². The SMILES string of the molecule is COCCOCCOCCOCCOCCOCCOCCOCCC(=O)N[C@@H](CCCCNC(=O)CN1C(=O)C=CC1=O)C(=O)N[C@H](C(=O)N[C@@H](C)C(=O)Nc1ccc(COC(=O)N(C)Cc2ccccc2C(=O)Nc2nc3c(ncn3[C@@H]3O[C@@H]4CO[P@@](=O)(S)O[C@H]5C[C@H](Oc6ccncn6)C[C@@H]5CCO[P@@](=O)(S)O[C@@H]3[C@@H]4O)c(=O)[nH]2)cc1)C(C)C. The fourth-order valence-corrected chi connectivity index (χ4v) is 15.9. The van der Waals surface area contributed by atoms with Crippen molar-refractivity contribution in [1.29, 1.82) is 0 Å². The van der Waals surface area contributed by atoms with Crippen LogP contribution in [0.15, 0.2) is 90.4 Å². The van der Waals surface area contributed by atoms with Gasteiger partial charge in [-0.25, -0.2) is 28.9 Å². The third kappa shape index (κ3) is 31.5. The van der Waals surface area contributed by atoms with Crippen molar-refractivity contribution >= 4 is 114 Å². The van der Waals surface area contributed by atoms with Crippen LogP contribution in [0, 0.1) is 11.8 Å². The Kier molecular flexibility index (Phi) is 39.5. The number of carbonyl (C=O) groups is 9. The Morgan fingerprint density at radius 1 is 0.713 bits per heavy atom. The summed E-state index contributed by atoms with van der Waals surface area (Å²) in [6, 6.07) is 10.7. The minimum Gasteiger partial charge on any atom is -0.474 e. The van der Waals surface area contributed by atoms with Gasteiger partial charge >= 0.3 is 19.7 Å². The number of ether oxygens (including phenoxy) is 11. The standard InChI is InChI=1S/C76H106N14O28P2S2/c1-48(2)64(84-71(98)56(12-8-9-22-78-60(92)43-89-62(93)17-18-63(89)94)83-59(91)21-24-105-28-29-107-32-33-109-36-37-111-39-38-110-35-34-108-31-30-106-27-26-104-5)72(99)81-49(3)69(96)82-53-15-13-50(14-16-53)44-112-76(101)88(4)42-52-10-6-7-11-55(52)70(97)86-75-85-68-65(73(100)87-75)80-47-90(68)74-67-66(95)58(116-74)45-114-120(103,122)117-57-41-54(115-61-19-23-77-46-79-61)40-51(57)20-25-113-119(102,121)118-67/h6-7,10-11,13-19,23,46-49,51,54,56-58,64,66-67,74,95H,8-9,12,20-22,24-45H2,1-5H3,(H,78,92)(H,81,99)(H,82,96)(H,83,91)(H,84,98)(H,102,121)(H,103,122)(H2,85,86,87,97,100)/t49-,51-,54+,56-,57-,58+,64-,66+,67+,74+,119+,120+/m0/s1. The van der Waals surface area contributed by atoms with E-state index in [0.717, 1.165) is 23.4 Å². The Hall–Kier alpha value is -8.76. The lowest BCUT2D eigenvalue weighted by Gasteiger charge is -2.26. The van der Waals surface area contributed by atoms with E-state index in [1.54, 1.807) is 69.5 Å². The lowest BCUT2D eigenvalue weighted by atomic mass is 10.0. The topological polar surface area (TPSA) is 514 Å². The number of H-pyrrole nitrogens is 1. The average molecular weight is 1790 g/mol. The zero-order chi connectivity index (χ0) is 87.6. The van der Waals surface area contributed by atoms with Crippen LogP contribution in [0.1, 0.15) is 93.4 Å². The molecule has 12 atom stereocenters. The van der Waals surface area contributed by atoms with E-state index in [2.05, 4.69) is 81.3 Å². The number of nitrogens with zero attached hydrogens (tertiary/aromatic N) is 7. The average Bonchev–Trinajstić information content (AvgIpc) is 1.60. The van der Waals surface area contributed by atoms with Gasteiger partial charge in [-0.1, -0.05) is 68.7 Å². The molecule has 670 valence electrons. The number of rotatable bonds is 48. The van der Waals surface area contributed by atoms with Gasteiger partial charge in [0.05, 0.1) is 125 Å². The van der Waals surface area contributed by atoms with Gasteiger partial charge in [-0.2, -0.15) is 4.98 Å². The van der Waals surface area contributed by atoms with Gasteiger partial charge in [-0.05, 0) is 80.2 Å². The molecule has 3 aliphatic heterocycles. The molecule has 1 saturated carbocycles. The summed E-state index contributed by atoms with van der Waals surface area (Å²) >= 11 is 8.48. The number of carbonyl (C=O) groups excluding carboxylic acids is 9. The summed E-state index contributed by atoms with van der Waals surface area (Å²) in [6.45, 7) is 0.182. The van der Waals surface area contributed by atoms with E-state index < -0.39 is 146 Å². The third-order valence-corrected chi connectivity index (χ3v) is 22.4. The molecule has 2 bridgehead atoms. The van der Waals surface area contributed by atoms with E-state index in [4.69, 9.17) is 70.2 Å². The number of imide groups is 1. The van der Waals surface area contributed by atoms with Gasteiger partial charge in [0, 0.05) is 75.8 Å². The summed E-state index contributed by atoms with van der Waals surface area (Å²) in [5.41, 5.74) is -0.0203. The molecule has 3 aromatic heterocycles. The van der Waals surface area contributed by atoms with Crippen LogP contribution in [0.5, 0.6) is 5.88 Å². The van der Waals surface area contributed by atoms with Crippen LogP contribution in [-0.2, 0) is 121 Å². The van der Waals surface area contributed by atoms with Crippen LogP contribution in [-0.4, -0.2) is 286 Å². The van der Waals surface area contributed by atoms with Crippen LogP contribution in [0.2, 0.25) is 0 Å². The van der Waals surface area contributed by atoms with Crippen molar-refractivity contribution in [3.05, 3.63) is 113 Å². The molecule has 4 aliphatic rings. The Labute approximate surface area is 713 Å². The van der Waals surface area contributed by atoms with Crippen molar-refractivity contribution < 1.29 is 128 Å². The minimum atomic E-state index is -4.34. The number of aromatic amines is 1. The molecule has 0 radical (unpaired) electrons. The maximum atomic E-state index is 14.1. The van der Waals surface area contributed by atoms with E-state index in [1.165, 1.54) is 42.0 Å². The number of benzene rings is 2. The zero-order valence-electron chi connectivity index (χ0n) is 68.1. The second-order valence-corrected chi connectivity index (χ2v) is 34.4. The summed E-state index contributed by atoms with van der Waals surface area (Å²) in [4.78, 5) is 154. The molecule has 0 unspecified atom stereocenters. The quantitative estimate of drug-likeness (QED) is 0.0115. The van der Waals surface area contributed by atoms with Gasteiger partial charge in [-0.3, -0.25) is 76.5 Å². The number of hydrogen-bond acceptors (Lipinski definition) is 32. The van der Waals surface area contributed by atoms with Gasteiger partial charge < -0.3 is 93.2 Å². The number of aromatic nitrogens is 6. The van der Waals surface area contributed by atoms with Crippen LogP contribution in [0.4, 0.5) is 16.4 Å². The first-order valence-corrected chi connectivity index (χ1v) is 45.0. The molecule has 42 nitrogen and oxygen atoms in total. The van der Waals surface area contributed by atoms with Gasteiger partial charge in [-0.15, -0.1) is 0 Å². The van der Waals surface area contributed by atoms with E-state index in [0.29, 0.717) is 121 Å². The normalized spacial score (nSPS) is 21.7. The Morgan fingerprint density at radius 3 is 1.99 bits per heavy atom. The molecule has 46 heteroatoms. The number of aliphatic hydroxyl groups excluding tert-OH is 1. The predicted molar refractivity (Wildman–Crippen MR) is 439 cm³/mol. The summed E-state index contributed by atoms with van der Waals surface area (Å²) in [5, 5.41) is 27.7. The lowest BCUT2D eigenvalue weighted by Crippen LogP contribution is -2.57. The molecular formula is C76H106N14O28P2S2. The van der Waals surface area contributed by atoms with Crippen molar-refractivity contribution in [3.8, 4) is 5.88 Å². The highest BCUT2D eigenvalue weighted by Gasteiger charge is 2.51. The number of fused-ring (bicyclic) bond motifs is 4. The van der Waals surface area contributed by atoms with Crippen LogP contribution >= 0.6 is 38.1 Å². The third-order valence-electron chi connectivity index (χ3n) is 19.1. The first-order valence-electron chi connectivity index (χ1n) is 39.6. The number of amides is 9. The van der Waals surface area contributed by atoms with Gasteiger partial charge in [0.15, 0.2) is 17.4 Å². The maximum Gasteiger partial charge on any atom is 0.410 e. The number of imidazole rings is 1. The number of hydrogen-bond donors (Lipinski definition) is 10. The van der Waals surface area contributed by atoms with Crippen molar-refractivity contribution in [2.24, 2.45) is 11.8 Å². The molecule has 8 N–H and O–H groups in total. The fraction of sp³-hybridized carbons (Fsp3) is 0.579. The first-order chi connectivity index (χ1) is 58.6. The molecule has 2 aromatic carbocycles. The maximum absolute atomic E-state index is 14.1. The smallest absolute Gasteiger partial charge is 0.410 e. The highest BCUT2D eigenvalue weighted by Crippen LogP contribution is 2.60. The van der Waals surface area contributed by atoms with E-state index in [-0.39, 0.29) is 100 Å². The van der Waals surface area contributed by atoms with Gasteiger partial charge in [0.1, 0.15) is 62.0 Å². The molecule has 9 rings (SSSR count).